The van der Waals surface area contributed by atoms with E-state index in [9.17, 15) is 4.79 Å². The van der Waals surface area contributed by atoms with E-state index in [4.69, 9.17) is 4.74 Å². The van der Waals surface area contributed by atoms with Crippen molar-refractivity contribution < 1.29 is 9.53 Å². The van der Waals surface area contributed by atoms with Gasteiger partial charge in [-0.25, -0.2) is 9.78 Å². The third-order valence-electron chi connectivity index (χ3n) is 4.46. The van der Waals surface area contributed by atoms with Gasteiger partial charge in [-0.2, -0.15) is 4.98 Å². The molecule has 132 valence electrons. The summed E-state index contributed by atoms with van der Waals surface area (Å²) in [6, 6.07) is 9.09. The van der Waals surface area contributed by atoms with Crippen LogP contribution in [0.3, 0.4) is 0 Å². The van der Waals surface area contributed by atoms with Crippen molar-refractivity contribution in [2.75, 3.05) is 30.4 Å². The number of benzene rings is 1. The molecule has 0 spiro atoms. The number of ether oxygens (including phenoxy) is 1. The molecule has 1 aromatic carbocycles. The van der Waals surface area contributed by atoms with Crippen molar-refractivity contribution >= 4 is 23.4 Å². The van der Waals surface area contributed by atoms with Gasteiger partial charge in [-0.15, -0.1) is 0 Å². The van der Waals surface area contributed by atoms with E-state index in [0.717, 1.165) is 42.2 Å². The maximum atomic E-state index is 11.7. The number of methoxy groups -OCH3 is 1. The Kier molecular flexibility index (Phi) is 5.16. The van der Waals surface area contributed by atoms with E-state index in [1.54, 1.807) is 12.1 Å². The van der Waals surface area contributed by atoms with Gasteiger partial charge in [0.1, 0.15) is 5.82 Å². The average Bonchev–Trinajstić information content (AvgIpc) is 2.61. The molecule has 6 heteroatoms. The van der Waals surface area contributed by atoms with Crippen molar-refractivity contribution in [3.8, 4) is 0 Å². The molecule has 25 heavy (non-hydrogen) atoms. The minimum Gasteiger partial charge on any atom is -0.465 e. The summed E-state index contributed by atoms with van der Waals surface area (Å²) in [5.41, 5.74) is 2.21. The van der Waals surface area contributed by atoms with Crippen molar-refractivity contribution in [2.24, 2.45) is 5.92 Å². The summed E-state index contributed by atoms with van der Waals surface area (Å²) in [5, 5.41) is 3.27. The van der Waals surface area contributed by atoms with Crippen molar-refractivity contribution in [3.63, 3.8) is 0 Å². The highest BCUT2D eigenvalue weighted by atomic mass is 16.5. The van der Waals surface area contributed by atoms with Gasteiger partial charge in [-0.05, 0) is 43.9 Å². The van der Waals surface area contributed by atoms with Gasteiger partial charge in [-0.1, -0.05) is 13.0 Å². The lowest BCUT2D eigenvalue weighted by Crippen LogP contribution is -2.34. The molecule has 0 amide bonds. The van der Waals surface area contributed by atoms with E-state index in [1.807, 2.05) is 25.1 Å². The molecule has 3 rings (SSSR count). The van der Waals surface area contributed by atoms with Crippen LogP contribution in [-0.4, -0.2) is 36.1 Å². The Balaban J connectivity index is 1.80. The monoisotopic (exact) mass is 340 g/mol. The molecular weight excluding hydrogens is 316 g/mol. The summed E-state index contributed by atoms with van der Waals surface area (Å²) in [7, 11) is 1.38. The quantitative estimate of drug-likeness (QED) is 0.859. The van der Waals surface area contributed by atoms with E-state index in [1.165, 1.54) is 20.0 Å². The Morgan fingerprint density at radius 3 is 2.72 bits per heavy atom. The van der Waals surface area contributed by atoms with Crippen molar-refractivity contribution in [1.29, 1.82) is 0 Å². The van der Waals surface area contributed by atoms with Crippen LogP contribution in [0.5, 0.6) is 0 Å². The maximum absolute atomic E-state index is 11.7. The van der Waals surface area contributed by atoms with Crippen molar-refractivity contribution in [2.45, 2.75) is 26.7 Å². The van der Waals surface area contributed by atoms with Crippen molar-refractivity contribution in [3.05, 3.63) is 41.6 Å². The van der Waals surface area contributed by atoms with Gasteiger partial charge in [-0.3, -0.25) is 0 Å². The third-order valence-corrected chi connectivity index (χ3v) is 4.46. The Morgan fingerprint density at radius 1 is 1.24 bits per heavy atom. The Hall–Kier alpha value is -2.63. The predicted molar refractivity (Wildman–Crippen MR) is 98.4 cm³/mol. The van der Waals surface area contributed by atoms with Crippen LogP contribution in [0.2, 0.25) is 0 Å². The molecule has 2 heterocycles. The standard InChI is InChI=1S/C19H24N4O2/c1-13-7-9-23(10-8-13)19-20-14(2)11-17(22-19)21-16-6-4-5-15(12-16)18(24)25-3/h4-6,11-13H,7-10H2,1-3H3,(H,20,21,22). The lowest BCUT2D eigenvalue weighted by Gasteiger charge is -2.30. The van der Waals surface area contributed by atoms with Crippen LogP contribution in [-0.2, 0) is 4.74 Å². The van der Waals surface area contributed by atoms with Gasteiger partial charge in [0.15, 0.2) is 0 Å². The summed E-state index contributed by atoms with van der Waals surface area (Å²) in [5.74, 6) is 1.90. The number of anilines is 3. The maximum Gasteiger partial charge on any atom is 0.337 e. The summed E-state index contributed by atoms with van der Waals surface area (Å²) in [6.07, 6.45) is 2.34. The smallest absolute Gasteiger partial charge is 0.337 e. The zero-order valence-corrected chi connectivity index (χ0v) is 15.0. The summed E-state index contributed by atoms with van der Waals surface area (Å²) >= 11 is 0. The molecule has 6 nitrogen and oxygen atoms in total. The number of carbonyl (C=O) groups is 1. The minimum atomic E-state index is -0.356. The Morgan fingerprint density at radius 2 is 2.00 bits per heavy atom. The van der Waals surface area contributed by atoms with E-state index in [-0.39, 0.29) is 5.97 Å². The van der Waals surface area contributed by atoms with E-state index in [2.05, 4.69) is 27.1 Å². The average molecular weight is 340 g/mol. The van der Waals surface area contributed by atoms with E-state index >= 15 is 0 Å². The van der Waals surface area contributed by atoms with Crippen LogP contribution in [0, 0.1) is 12.8 Å². The van der Waals surface area contributed by atoms with E-state index < -0.39 is 0 Å². The molecular formula is C19H24N4O2. The molecule has 0 saturated carbocycles. The first-order valence-corrected chi connectivity index (χ1v) is 8.61. The first-order valence-electron chi connectivity index (χ1n) is 8.61. The normalized spacial score (nSPS) is 15.1. The number of hydrogen-bond donors (Lipinski definition) is 1. The molecule has 0 bridgehead atoms. The summed E-state index contributed by atoms with van der Waals surface area (Å²) < 4.78 is 4.77. The second-order valence-electron chi connectivity index (χ2n) is 6.56. The largest absolute Gasteiger partial charge is 0.465 e. The van der Waals surface area contributed by atoms with Gasteiger partial charge in [0.05, 0.1) is 12.7 Å². The van der Waals surface area contributed by atoms with Gasteiger partial charge >= 0.3 is 5.97 Å². The lowest BCUT2D eigenvalue weighted by molar-refractivity contribution is 0.0601. The first-order chi connectivity index (χ1) is 12.0. The molecule has 2 aromatic rings. The highest BCUT2D eigenvalue weighted by Crippen LogP contribution is 2.23. The van der Waals surface area contributed by atoms with Crippen molar-refractivity contribution in [1.82, 2.24) is 9.97 Å². The number of hydrogen-bond acceptors (Lipinski definition) is 6. The summed E-state index contributed by atoms with van der Waals surface area (Å²) in [6.45, 7) is 6.23. The molecule has 0 unspecified atom stereocenters. The topological polar surface area (TPSA) is 67.3 Å². The molecule has 1 aliphatic rings. The predicted octanol–water partition coefficient (Wildman–Crippen LogP) is 3.55. The van der Waals surface area contributed by atoms with Gasteiger partial charge < -0.3 is 15.0 Å². The van der Waals surface area contributed by atoms with Crippen LogP contribution in [0.4, 0.5) is 17.5 Å². The van der Waals surface area contributed by atoms with Gasteiger partial charge in [0.25, 0.3) is 0 Å². The number of aryl methyl sites for hydroxylation is 1. The van der Waals surface area contributed by atoms with Gasteiger partial charge in [0.2, 0.25) is 5.95 Å². The SMILES string of the molecule is COC(=O)c1cccc(Nc2cc(C)nc(N3CCC(C)CC3)n2)c1. The minimum absolute atomic E-state index is 0.356. The number of rotatable bonds is 4. The van der Waals surface area contributed by atoms with Crippen LogP contribution >= 0.6 is 0 Å². The third kappa shape index (κ3) is 4.26. The number of piperidine rings is 1. The fourth-order valence-electron chi connectivity index (χ4n) is 2.96. The molecule has 0 aliphatic carbocycles. The molecule has 1 fully saturated rings. The molecule has 0 radical (unpaired) electrons. The second-order valence-corrected chi connectivity index (χ2v) is 6.56. The Labute approximate surface area is 148 Å². The Bertz CT molecular complexity index is 755. The molecule has 0 atom stereocenters. The number of nitrogens with one attached hydrogen (secondary N) is 1. The number of esters is 1. The lowest BCUT2D eigenvalue weighted by atomic mass is 10.00. The van der Waals surface area contributed by atoms with Crippen LogP contribution < -0.4 is 10.2 Å². The second kappa shape index (κ2) is 7.51. The van der Waals surface area contributed by atoms with E-state index in [0.29, 0.717) is 5.56 Å². The highest BCUT2D eigenvalue weighted by molar-refractivity contribution is 5.90. The first kappa shape index (κ1) is 17.2. The van der Waals surface area contributed by atoms with Crippen LogP contribution in [0.1, 0.15) is 35.8 Å². The molecule has 1 aliphatic heterocycles. The zero-order chi connectivity index (χ0) is 17.8. The van der Waals surface area contributed by atoms with Crippen LogP contribution in [0.25, 0.3) is 0 Å². The fourth-order valence-corrected chi connectivity index (χ4v) is 2.96. The number of carbonyl (C=O) groups excluding carboxylic acids is 1. The molecule has 1 saturated heterocycles. The number of aromatic nitrogens is 2. The number of nitrogens with zero attached hydrogens (tertiary/aromatic N) is 3. The zero-order valence-electron chi connectivity index (χ0n) is 15.0. The highest BCUT2D eigenvalue weighted by Gasteiger charge is 2.18. The van der Waals surface area contributed by atoms with Gasteiger partial charge in [0, 0.05) is 30.5 Å². The summed E-state index contributed by atoms with van der Waals surface area (Å²) in [4.78, 5) is 23.2. The van der Waals surface area contributed by atoms with Crippen LogP contribution in [0.15, 0.2) is 30.3 Å². The molecule has 1 N–H and O–H groups in total. The molecule has 1 aromatic heterocycles. The fraction of sp³-hybridized carbons (Fsp3) is 0.421.